The van der Waals surface area contributed by atoms with Crippen LogP contribution >= 0.6 is 0 Å². The minimum Gasteiger partial charge on any atom is -0.395 e. The molecule has 1 aromatic carbocycles. The van der Waals surface area contributed by atoms with Gasteiger partial charge in [0.15, 0.2) is 0 Å². The number of carbonyl (C=O) groups is 1. The molecule has 1 amide bonds. The number of hydrogen-bond donors (Lipinski definition) is 4. The smallest absolute Gasteiger partial charge is 0.227 e. The maximum Gasteiger partial charge on any atom is 0.227 e. The molecule has 112 valence electrons. The molecule has 0 bridgehead atoms. The van der Waals surface area contributed by atoms with Crippen LogP contribution in [0.25, 0.3) is 0 Å². The summed E-state index contributed by atoms with van der Waals surface area (Å²) < 4.78 is 0. The van der Waals surface area contributed by atoms with E-state index in [9.17, 15) is 9.90 Å². The fraction of sp³-hybridized carbons (Fsp3) is 0.533. The number of aliphatic hydroxyl groups excluding tert-OH is 1. The van der Waals surface area contributed by atoms with Crippen molar-refractivity contribution < 1.29 is 15.1 Å². The summed E-state index contributed by atoms with van der Waals surface area (Å²) in [5, 5.41) is 21.4. The highest BCUT2D eigenvalue weighted by Crippen LogP contribution is 2.15. The van der Waals surface area contributed by atoms with Gasteiger partial charge in [0.05, 0.1) is 18.6 Å². The summed E-state index contributed by atoms with van der Waals surface area (Å²) >= 11 is 0. The van der Waals surface area contributed by atoms with Gasteiger partial charge in [-0.05, 0) is 18.9 Å². The summed E-state index contributed by atoms with van der Waals surface area (Å²) in [6.07, 6.45) is 1.44. The van der Waals surface area contributed by atoms with Crippen LogP contribution in [0.3, 0.4) is 0 Å². The predicted octanol–water partition coefficient (Wildman–Crippen LogP) is 1.62. The molecule has 1 aromatic rings. The van der Waals surface area contributed by atoms with Gasteiger partial charge in [-0.2, -0.15) is 0 Å². The lowest BCUT2D eigenvalue weighted by Crippen LogP contribution is -2.46. The molecule has 0 fully saturated rings. The molecule has 5 heteroatoms. The Morgan fingerprint density at radius 2 is 1.95 bits per heavy atom. The summed E-state index contributed by atoms with van der Waals surface area (Å²) in [7, 11) is 0. The third-order valence-electron chi connectivity index (χ3n) is 3.44. The summed E-state index contributed by atoms with van der Waals surface area (Å²) in [6, 6.07) is 9.04. The fourth-order valence-electron chi connectivity index (χ4n) is 2.21. The first-order valence-electron chi connectivity index (χ1n) is 6.99. The molecule has 0 spiro atoms. The van der Waals surface area contributed by atoms with Gasteiger partial charge < -0.3 is 15.6 Å². The Kier molecular flexibility index (Phi) is 7.22. The van der Waals surface area contributed by atoms with Crippen molar-refractivity contribution in [3.05, 3.63) is 35.9 Å². The van der Waals surface area contributed by atoms with Gasteiger partial charge >= 0.3 is 0 Å². The standard InChI is InChI=1S/C15H24N2O3/c1-3-7-14(17-20)13(10-18)15(19)16-11(2)12-8-5-4-6-9-12/h4-6,8-9,11,13-14,17-18,20H,3,7,10H2,1-2H3,(H,16,19)/t11-,13+,14+/m0/s1. The third-order valence-corrected chi connectivity index (χ3v) is 3.44. The van der Waals surface area contributed by atoms with Crippen molar-refractivity contribution >= 4 is 5.91 Å². The van der Waals surface area contributed by atoms with E-state index >= 15 is 0 Å². The number of amides is 1. The normalized spacial score (nSPS) is 15.4. The molecule has 4 N–H and O–H groups in total. The van der Waals surface area contributed by atoms with E-state index < -0.39 is 12.0 Å². The Morgan fingerprint density at radius 1 is 1.30 bits per heavy atom. The van der Waals surface area contributed by atoms with Gasteiger partial charge in [-0.15, -0.1) is 0 Å². The van der Waals surface area contributed by atoms with Crippen LogP contribution in [0.15, 0.2) is 30.3 Å². The topological polar surface area (TPSA) is 81.6 Å². The number of benzene rings is 1. The maximum atomic E-state index is 12.2. The van der Waals surface area contributed by atoms with Crippen LogP contribution in [0.4, 0.5) is 0 Å². The van der Waals surface area contributed by atoms with Gasteiger partial charge in [-0.3, -0.25) is 4.79 Å². The third kappa shape index (κ3) is 4.59. The molecule has 0 radical (unpaired) electrons. The SMILES string of the molecule is CCC[C@@H](NO)[C@@H](CO)C(=O)N[C@@H](C)c1ccccc1. The van der Waals surface area contributed by atoms with E-state index in [1.54, 1.807) is 0 Å². The van der Waals surface area contributed by atoms with E-state index in [0.29, 0.717) is 6.42 Å². The van der Waals surface area contributed by atoms with E-state index in [2.05, 4.69) is 10.8 Å². The molecule has 0 heterocycles. The number of carbonyl (C=O) groups excluding carboxylic acids is 1. The quantitative estimate of drug-likeness (QED) is 0.545. The van der Waals surface area contributed by atoms with E-state index in [0.717, 1.165) is 12.0 Å². The lowest BCUT2D eigenvalue weighted by molar-refractivity contribution is -0.129. The molecule has 20 heavy (non-hydrogen) atoms. The monoisotopic (exact) mass is 280 g/mol. The van der Waals surface area contributed by atoms with Crippen molar-refractivity contribution in [1.29, 1.82) is 0 Å². The predicted molar refractivity (Wildman–Crippen MR) is 77.2 cm³/mol. The summed E-state index contributed by atoms with van der Waals surface area (Å²) in [6.45, 7) is 3.55. The van der Waals surface area contributed by atoms with Crippen molar-refractivity contribution in [3.8, 4) is 0 Å². The first-order chi connectivity index (χ1) is 9.63. The number of nitrogens with one attached hydrogen (secondary N) is 2. The van der Waals surface area contributed by atoms with Crippen LogP contribution in [0, 0.1) is 5.92 Å². The highest BCUT2D eigenvalue weighted by molar-refractivity contribution is 5.80. The molecule has 0 aromatic heterocycles. The zero-order chi connectivity index (χ0) is 15.0. The van der Waals surface area contributed by atoms with Crippen molar-refractivity contribution in [2.45, 2.75) is 38.8 Å². The lowest BCUT2D eigenvalue weighted by Gasteiger charge is -2.25. The van der Waals surface area contributed by atoms with E-state index in [1.807, 2.05) is 44.2 Å². The second-order valence-electron chi connectivity index (χ2n) is 4.95. The second-order valence-corrected chi connectivity index (χ2v) is 4.95. The zero-order valence-corrected chi connectivity index (χ0v) is 12.0. The summed E-state index contributed by atoms with van der Waals surface area (Å²) in [4.78, 5) is 12.2. The first-order valence-corrected chi connectivity index (χ1v) is 6.99. The Labute approximate surface area is 120 Å². The summed E-state index contributed by atoms with van der Waals surface area (Å²) in [5.74, 6) is -0.921. The molecular formula is C15H24N2O3. The maximum absolute atomic E-state index is 12.2. The van der Waals surface area contributed by atoms with Crippen LogP contribution in [0.1, 0.15) is 38.3 Å². The Bertz CT molecular complexity index is 397. The van der Waals surface area contributed by atoms with E-state index in [-0.39, 0.29) is 18.6 Å². The molecule has 5 nitrogen and oxygen atoms in total. The second kappa shape index (κ2) is 8.68. The van der Waals surface area contributed by atoms with Crippen molar-refractivity contribution in [2.24, 2.45) is 5.92 Å². The zero-order valence-electron chi connectivity index (χ0n) is 12.0. The summed E-state index contributed by atoms with van der Waals surface area (Å²) in [5.41, 5.74) is 3.13. The average Bonchev–Trinajstić information content (AvgIpc) is 2.47. The van der Waals surface area contributed by atoms with Crippen molar-refractivity contribution in [3.63, 3.8) is 0 Å². The van der Waals surface area contributed by atoms with Gasteiger partial charge in [0.25, 0.3) is 0 Å². The number of hydroxylamine groups is 1. The highest BCUT2D eigenvalue weighted by Gasteiger charge is 2.27. The highest BCUT2D eigenvalue weighted by atomic mass is 16.5. The molecule has 0 saturated heterocycles. The van der Waals surface area contributed by atoms with Crippen molar-refractivity contribution in [2.75, 3.05) is 6.61 Å². The van der Waals surface area contributed by atoms with Gasteiger partial charge in [-0.1, -0.05) is 43.7 Å². The minimum atomic E-state index is -0.661. The largest absolute Gasteiger partial charge is 0.395 e. The van der Waals surface area contributed by atoms with Crippen molar-refractivity contribution in [1.82, 2.24) is 10.8 Å². The lowest BCUT2D eigenvalue weighted by atomic mass is 9.95. The Balaban J connectivity index is 2.67. The molecule has 0 aliphatic carbocycles. The van der Waals surface area contributed by atoms with E-state index in [4.69, 9.17) is 5.21 Å². The van der Waals surface area contributed by atoms with E-state index in [1.165, 1.54) is 0 Å². The van der Waals surface area contributed by atoms with Crippen LogP contribution < -0.4 is 10.8 Å². The van der Waals surface area contributed by atoms with Gasteiger partial charge in [0.1, 0.15) is 0 Å². The van der Waals surface area contributed by atoms with Gasteiger partial charge in [0.2, 0.25) is 5.91 Å². The van der Waals surface area contributed by atoms with Crippen LogP contribution in [-0.4, -0.2) is 28.9 Å². The van der Waals surface area contributed by atoms with Gasteiger partial charge in [0, 0.05) is 6.04 Å². The number of rotatable bonds is 8. The molecule has 0 aliphatic rings. The number of hydrogen-bond acceptors (Lipinski definition) is 4. The first kappa shape index (κ1) is 16.6. The van der Waals surface area contributed by atoms with Crippen LogP contribution in [0.2, 0.25) is 0 Å². The Hall–Kier alpha value is -1.43. The average molecular weight is 280 g/mol. The number of aliphatic hydroxyl groups is 1. The van der Waals surface area contributed by atoms with Crippen LogP contribution in [-0.2, 0) is 4.79 Å². The Morgan fingerprint density at radius 3 is 2.45 bits per heavy atom. The fourth-order valence-corrected chi connectivity index (χ4v) is 2.21. The molecule has 0 aliphatic heterocycles. The molecular weight excluding hydrogens is 256 g/mol. The van der Waals surface area contributed by atoms with Gasteiger partial charge in [-0.25, -0.2) is 5.48 Å². The molecule has 0 unspecified atom stereocenters. The van der Waals surface area contributed by atoms with Crippen LogP contribution in [0.5, 0.6) is 0 Å². The molecule has 3 atom stereocenters. The minimum absolute atomic E-state index is 0.140. The molecule has 1 rings (SSSR count). The molecule has 0 saturated carbocycles.